The minimum atomic E-state index is -0.756. The van der Waals surface area contributed by atoms with Gasteiger partial charge in [-0.15, -0.1) is 18.3 Å². The average molecular weight is 572 g/mol. The van der Waals surface area contributed by atoms with Gasteiger partial charge >= 0.3 is 5.97 Å². The van der Waals surface area contributed by atoms with Gasteiger partial charge < -0.3 is 19.6 Å². The number of aliphatic hydroxyl groups excluding tert-OH is 1. The Morgan fingerprint density at radius 3 is 2.63 bits per heavy atom. The minimum absolute atomic E-state index is 0.0207. The SMILES string of the molecule is C=CCOC(=O)[C@H]1[C@H]2C(=O)N([C@@H](CO)C(C)C)C(C(=O)N(CC=C)CCCCC)C23CC(Br)[C@@H]1S3. The number of ether oxygens (including phenoxy) is 1. The van der Waals surface area contributed by atoms with Gasteiger partial charge in [-0.3, -0.25) is 14.4 Å². The fourth-order valence-electron chi connectivity index (χ4n) is 6.00. The maximum absolute atomic E-state index is 14.3. The summed E-state index contributed by atoms with van der Waals surface area (Å²) in [5.41, 5.74) is 0. The highest BCUT2D eigenvalue weighted by molar-refractivity contribution is 9.09. The predicted octanol–water partition coefficient (Wildman–Crippen LogP) is 3.40. The van der Waals surface area contributed by atoms with Gasteiger partial charge in [0, 0.05) is 23.2 Å². The molecule has 0 aliphatic carbocycles. The monoisotopic (exact) mass is 570 g/mol. The van der Waals surface area contributed by atoms with E-state index in [4.69, 9.17) is 4.74 Å². The molecule has 0 radical (unpaired) electrons. The molecule has 3 saturated heterocycles. The summed E-state index contributed by atoms with van der Waals surface area (Å²) in [6, 6.07) is -1.27. The van der Waals surface area contributed by atoms with E-state index < -0.39 is 34.6 Å². The number of thioether (sulfide) groups is 1. The van der Waals surface area contributed by atoms with E-state index in [1.165, 1.54) is 6.08 Å². The zero-order chi connectivity index (χ0) is 25.9. The first-order chi connectivity index (χ1) is 16.7. The maximum Gasteiger partial charge on any atom is 0.311 e. The lowest BCUT2D eigenvalue weighted by Crippen LogP contribution is -2.58. The van der Waals surface area contributed by atoms with Crippen molar-refractivity contribution in [1.29, 1.82) is 0 Å². The standard InChI is InChI=1S/C26H39BrN2O5S/c1-6-9-10-12-28(11-7-2)24(32)22-26-14-17(27)21(35-26)19(25(33)34-13-8-3)20(26)23(31)29(22)18(15-30)16(4)5/h7-8,16-22,30H,2-3,6,9-15H2,1,4-5H3/t17?,18-,19-,20-,21-,22?,26?/m0/s1. The number of rotatable bonds is 13. The van der Waals surface area contributed by atoms with Crippen LogP contribution < -0.4 is 0 Å². The number of nitrogens with zero attached hydrogens (tertiary/aromatic N) is 2. The van der Waals surface area contributed by atoms with Crippen molar-refractivity contribution < 1.29 is 24.2 Å². The molecule has 3 aliphatic rings. The molecule has 1 spiro atoms. The normalized spacial score (nSPS) is 32.0. The van der Waals surface area contributed by atoms with E-state index in [1.807, 2.05) is 13.8 Å². The van der Waals surface area contributed by atoms with Gasteiger partial charge in [0.25, 0.3) is 0 Å². The first kappa shape index (κ1) is 28.3. The molecule has 35 heavy (non-hydrogen) atoms. The van der Waals surface area contributed by atoms with Gasteiger partial charge in [-0.2, -0.15) is 0 Å². The van der Waals surface area contributed by atoms with Gasteiger partial charge in [0.2, 0.25) is 11.8 Å². The molecule has 196 valence electrons. The molecule has 3 aliphatic heterocycles. The number of esters is 1. The van der Waals surface area contributed by atoms with E-state index in [1.54, 1.807) is 27.6 Å². The molecule has 7 atom stereocenters. The highest BCUT2D eigenvalue weighted by Crippen LogP contribution is 2.68. The lowest BCUT2D eigenvalue weighted by molar-refractivity contribution is -0.153. The van der Waals surface area contributed by atoms with Crippen LogP contribution in [0.15, 0.2) is 25.3 Å². The van der Waals surface area contributed by atoms with Gasteiger partial charge in [-0.1, -0.05) is 68.3 Å². The van der Waals surface area contributed by atoms with Crippen LogP contribution in [-0.4, -0.2) is 85.9 Å². The maximum atomic E-state index is 14.3. The molecular weight excluding hydrogens is 532 g/mol. The zero-order valence-corrected chi connectivity index (χ0v) is 23.4. The number of alkyl halides is 1. The van der Waals surface area contributed by atoms with Crippen molar-refractivity contribution in [2.45, 2.75) is 73.4 Å². The van der Waals surface area contributed by atoms with E-state index in [9.17, 15) is 19.5 Å². The third-order valence-electron chi connectivity index (χ3n) is 7.58. The molecular formula is C26H39BrN2O5S. The molecule has 9 heteroatoms. The molecule has 3 fully saturated rings. The van der Waals surface area contributed by atoms with Crippen molar-refractivity contribution in [3.8, 4) is 0 Å². The zero-order valence-electron chi connectivity index (χ0n) is 21.0. The molecule has 2 amide bonds. The number of halogens is 1. The smallest absolute Gasteiger partial charge is 0.311 e. The van der Waals surface area contributed by atoms with E-state index in [0.29, 0.717) is 19.5 Å². The number of fused-ring (bicyclic) bond motifs is 1. The Morgan fingerprint density at radius 2 is 2.06 bits per heavy atom. The second kappa shape index (κ2) is 11.8. The second-order valence-corrected chi connectivity index (χ2v) is 12.8. The Hall–Kier alpha value is -1.32. The number of carbonyl (C=O) groups is 3. The van der Waals surface area contributed by atoms with Gasteiger partial charge in [0.05, 0.1) is 29.2 Å². The van der Waals surface area contributed by atoms with Crippen molar-refractivity contribution in [3.05, 3.63) is 25.3 Å². The van der Waals surface area contributed by atoms with Gasteiger partial charge in [-0.05, 0) is 18.8 Å². The van der Waals surface area contributed by atoms with Crippen LogP contribution in [0.2, 0.25) is 0 Å². The van der Waals surface area contributed by atoms with Crippen molar-refractivity contribution in [3.63, 3.8) is 0 Å². The molecule has 7 nitrogen and oxygen atoms in total. The Balaban J connectivity index is 2.07. The van der Waals surface area contributed by atoms with Crippen LogP contribution >= 0.6 is 27.7 Å². The molecule has 1 N–H and O–H groups in total. The number of aliphatic hydroxyl groups is 1. The van der Waals surface area contributed by atoms with Crippen molar-refractivity contribution in [2.75, 3.05) is 26.3 Å². The van der Waals surface area contributed by atoms with Crippen molar-refractivity contribution in [2.24, 2.45) is 17.8 Å². The Bertz CT molecular complexity index is 839. The molecule has 0 aromatic heterocycles. The first-order valence-electron chi connectivity index (χ1n) is 12.6. The fourth-order valence-corrected chi connectivity index (χ4v) is 9.58. The van der Waals surface area contributed by atoms with Crippen LogP contribution in [0.1, 0.15) is 46.5 Å². The third kappa shape index (κ3) is 4.97. The van der Waals surface area contributed by atoms with Crippen molar-refractivity contribution >= 4 is 45.5 Å². The van der Waals surface area contributed by atoms with E-state index in [2.05, 4.69) is 36.0 Å². The summed E-state index contributed by atoms with van der Waals surface area (Å²) in [5, 5.41) is 10.2. The molecule has 2 bridgehead atoms. The summed E-state index contributed by atoms with van der Waals surface area (Å²) in [4.78, 5) is 44.9. The number of hydrogen-bond donors (Lipinski definition) is 1. The molecule has 3 unspecified atom stereocenters. The second-order valence-electron chi connectivity index (χ2n) is 10.1. The number of likely N-dealkylation sites (tertiary alicyclic amines) is 1. The van der Waals surface area contributed by atoms with E-state index in [0.717, 1.165) is 19.3 Å². The highest BCUT2D eigenvalue weighted by Gasteiger charge is 2.76. The lowest BCUT2D eigenvalue weighted by Gasteiger charge is -2.41. The third-order valence-corrected chi connectivity index (χ3v) is 10.8. The van der Waals surface area contributed by atoms with Crippen LogP contribution in [0.5, 0.6) is 0 Å². The summed E-state index contributed by atoms with van der Waals surface area (Å²) in [5.74, 6) is -2.13. The molecule has 3 heterocycles. The fraction of sp³-hybridized carbons (Fsp3) is 0.731. The quantitative estimate of drug-likeness (QED) is 0.158. The number of hydrogen-bond acceptors (Lipinski definition) is 6. The van der Waals surface area contributed by atoms with Gasteiger partial charge in [0.1, 0.15) is 12.6 Å². The van der Waals surface area contributed by atoms with E-state index >= 15 is 0 Å². The summed E-state index contributed by atoms with van der Waals surface area (Å²) < 4.78 is 4.67. The number of amides is 2. The molecule has 0 aromatic carbocycles. The van der Waals surface area contributed by atoms with Crippen LogP contribution in [0, 0.1) is 17.8 Å². The van der Waals surface area contributed by atoms with Crippen LogP contribution in [-0.2, 0) is 19.1 Å². The summed E-state index contributed by atoms with van der Waals surface area (Å²) >= 11 is 5.34. The average Bonchev–Trinajstić information content (AvgIpc) is 3.41. The van der Waals surface area contributed by atoms with Gasteiger partial charge in [-0.25, -0.2) is 0 Å². The van der Waals surface area contributed by atoms with Gasteiger partial charge in [0.15, 0.2) is 0 Å². The van der Waals surface area contributed by atoms with Crippen LogP contribution in [0.25, 0.3) is 0 Å². The number of unbranched alkanes of at least 4 members (excludes halogenated alkanes) is 2. The molecule has 3 rings (SSSR count). The van der Waals surface area contributed by atoms with Crippen LogP contribution in [0.3, 0.4) is 0 Å². The van der Waals surface area contributed by atoms with E-state index in [-0.39, 0.29) is 41.0 Å². The summed E-state index contributed by atoms with van der Waals surface area (Å²) in [7, 11) is 0. The topological polar surface area (TPSA) is 87.1 Å². The van der Waals surface area contributed by atoms with Crippen LogP contribution in [0.4, 0.5) is 0 Å². The Kier molecular flexibility index (Phi) is 9.54. The number of carbonyl (C=O) groups excluding carboxylic acids is 3. The van der Waals surface area contributed by atoms with Crippen molar-refractivity contribution in [1.82, 2.24) is 9.80 Å². The Labute approximate surface area is 221 Å². The molecule has 0 aromatic rings. The predicted molar refractivity (Wildman–Crippen MR) is 142 cm³/mol. The summed E-state index contributed by atoms with van der Waals surface area (Å²) in [6.07, 6.45) is 6.74. The minimum Gasteiger partial charge on any atom is -0.461 e. The highest BCUT2D eigenvalue weighted by atomic mass is 79.9. The Morgan fingerprint density at radius 1 is 1.34 bits per heavy atom. The first-order valence-corrected chi connectivity index (χ1v) is 14.4. The largest absolute Gasteiger partial charge is 0.461 e. The molecule has 0 saturated carbocycles. The summed E-state index contributed by atoms with van der Waals surface area (Å²) in [6.45, 7) is 14.3. The lowest BCUT2D eigenvalue weighted by atomic mass is 9.71.